The minimum atomic E-state index is 0.0600. The number of nitrogens with two attached hydrogens (primary N) is 1. The van der Waals surface area contributed by atoms with Crippen LogP contribution in [0.3, 0.4) is 0 Å². The van der Waals surface area contributed by atoms with Crippen molar-refractivity contribution in [3.63, 3.8) is 0 Å². The molecule has 0 bridgehead atoms. The Bertz CT molecular complexity index is 463. The number of hydrogen-bond donors (Lipinski definition) is 1. The molecule has 0 amide bonds. The smallest absolute Gasteiger partial charge is 0.138 e. The molecule has 2 rings (SSSR count). The van der Waals surface area contributed by atoms with Gasteiger partial charge in [0.2, 0.25) is 0 Å². The highest BCUT2D eigenvalue weighted by molar-refractivity contribution is 6.30. The van der Waals surface area contributed by atoms with Crippen molar-refractivity contribution in [1.82, 2.24) is 14.8 Å². The Kier molecular flexibility index (Phi) is 3.22. The van der Waals surface area contributed by atoms with Crippen molar-refractivity contribution in [2.24, 2.45) is 12.8 Å². The summed E-state index contributed by atoms with van der Waals surface area (Å²) in [6.45, 7) is 0.494. The van der Waals surface area contributed by atoms with Crippen LogP contribution in [0.4, 0.5) is 0 Å². The third-order valence-corrected chi connectivity index (χ3v) is 2.82. The molecule has 0 saturated carbocycles. The number of benzene rings is 1. The molecule has 2 aromatic rings. The van der Waals surface area contributed by atoms with Gasteiger partial charge in [-0.15, -0.1) is 0 Å². The van der Waals surface area contributed by atoms with E-state index in [2.05, 4.69) is 10.1 Å². The minimum absolute atomic E-state index is 0.0600. The molecule has 1 aromatic carbocycles. The number of aromatic nitrogens is 3. The van der Waals surface area contributed by atoms with Gasteiger partial charge in [0.1, 0.15) is 12.2 Å². The first-order chi connectivity index (χ1) is 7.72. The molecule has 5 heteroatoms. The summed E-state index contributed by atoms with van der Waals surface area (Å²) in [6.07, 6.45) is 1.54. The third kappa shape index (κ3) is 2.08. The first kappa shape index (κ1) is 11.1. The molecule has 16 heavy (non-hydrogen) atoms. The van der Waals surface area contributed by atoms with Crippen LogP contribution in [-0.4, -0.2) is 21.3 Å². The molecule has 0 saturated heterocycles. The second-order valence-electron chi connectivity index (χ2n) is 3.58. The zero-order chi connectivity index (χ0) is 11.5. The Balaban J connectivity index is 2.37. The van der Waals surface area contributed by atoms with Gasteiger partial charge < -0.3 is 5.73 Å². The fraction of sp³-hybridized carbons (Fsp3) is 0.273. The lowest BCUT2D eigenvalue weighted by Crippen LogP contribution is -2.18. The molecule has 4 nitrogen and oxygen atoms in total. The summed E-state index contributed by atoms with van der Waals surface area (Å²) in [5, 5.41) is 4.77. The van der Waals surface area contributed by atoms with Gasteiger partial charge in [0, 0.05) is 18.6 Å². The molecule has 1 heterocycles. The molecule has 0 fully saturated rings. The number of hydrogen-bond acceptors (Lipinski definition) is 3. The number of aryl methyl sites for hydroxylation is 1. The third-order valence-electron chi connectivity index (χ3n) is 2.57. The van der Waals surface area contributed by atoms with Crippen LogP contribution >= 0.6 is 11.6 Å². The molecule has 1 unspecified atom stereocenters. The Morgan fingerprint density at radius 3 is 2.56 bits per heavy atom. The quantitative estimate of drug-likeness (QED) is 0.880. The standard InChI is InChI=1S/C11H13ClN4/c1-16-11(14-7-15-16)10(6-13)8-2-4-9(12)5-3-8/h2-5,7,10H,6,13H2,1H3. The summed E-state index contributed by atoms with van der Waals surface area (Å²) in [5.74, 6) is 0.926. The van der Waals surface area contributed by atoms with Crippen LogP contribution in [0.2, 0.25) is 5.02 Å². The van der Waals surface area contributed by atoms with E-state index in [-0.39, 0.29) is 5.92 Å². The molecule has 0 aliphatic rings. The molecule has 0 spiro atoms. The molecule has 84 valence electrons. The second-order valence-corrected chi connectivity index (χ2v) is 4.02. The molecule has 0 radical (unpaired) electrons. The average molecular weight is 237 g/mol. The Morgan fingerprint density at radius 2 is 2.06 bits per heavy atom. The molecular formula is C11H13ClN4. The fourth-order valence-electron chi connectivity index (χ4n) is 1.71. The normalized spacial score (nSPS) is 12.7. The van der Waals surface area contributed by atoms with E-state index in [9.17, 15) is 0 Å². The van der Waals surface area contributed by atoms with Gasteiger partial charge in [0.25, 0.3) is 0 Å². The van der Waals surface area contributed by atoms with Gasteiger partial charge in [-0.3, -0.25) is 4.68 Å². The van der Waals surface area contributed by atoms with Gasteiger partial charge in [0.05, 0.1) is 5.92 Å². The van der Waals surface area contributed by atoms with Crippen molar-refractivity contribution < 1.29 is 0 Å². The zero-order valence-corrected chi connectivity index (χ0v) is 9.72. The van der Waals surface area contributed by atoms with Gasteiger partial charge >= 0.3 is 0 Å². The molecule has 0 aliphatic heterocycles. The van der Waals surface area contributed by atoms with Crippen LogP contribution < -0.4 is 5.73 Å². The maximum absolute atomic E-state index is 5.85. The largest absolute Gasteiger partial charge is 0.329 e. The molecular weight excluding hydrogens is 224 g/mol. The molecule has 1 atom stereocenters. The van der Waals surface area contributed by atoms with E-state index in [0.717, 1.165) is 16.4 Å². The highest BCUT2D eigenvalue weighted by atomic mass is 35.5. The Morgan fingerprint density at radius 1 is 1.38 bits per heavy atom. The summed E-state index contributed by atoms with van der Waals surface area (Å²) in [7, 11) is 1.86. The lowest BCUT2D eigenvalue weighted by Gasteiger charge is -2.14. The van der Waals surface area contributed by atoms with Crippen LogP contribution in [0.15, 0.2) is 30.6 Å². The summed E-state index contributed by atoms with van der Waals surface area (Å²) < 4.78 is 1.74. The van der Waals surface area contributed by atoms with Gasteiger partial charge in [-0.25, -0.2) is 4.98 Å². The van der Waals surface area contributed by atoms with Crippen molar-refractivity contribution >= 4 is 11.6 Å². The Hall–Kier alpha value is -1.39. The predicted molar refractivity (Wildman–Crippen MR) is 63.4 cm³/mol. The van der Waals surface area contributed by atoms with Crippen LogP contribution in [0.25, 0.3) is 0 Å². The zero-order valence-electron chi connectivity index (χ0n) is 8.97. The molecule has 1 aromatic heterocycles. The van der Waals surface area contributed by atoms with E-state index in [1.165, 1.54) is 6.33 Å². The maximum Gasteiger partial charge on any atom is 0.138 e. The lowest BCUT2D eigenvalue weighted by molar-refractivity contribution is 0.649. The van der Waals surface area contributed by atoms with Gasteiger partial charge in [0.15, 0.2) is 0 Å². The van der Waals surface area contributed by atoms with E-state index < -0.39 is 0 Å². The summed E-state index contributed by atoms with van der Waals surface area (Å²) >= 11 is 5.85. The average Bonchev–Trinajstić information content (AvgIpc) is 2.69. The van der Waals surface area contributed by atoms with Crippen molar-refractivity contribution in [2.75, 3.05) is 6.54 Å². The monoisotopic (exact) mass is 236 g/mol. The van der Waals surface area contributed by atoms with Crippen LogP contribution in [0.5, 0.6) is 0 Å². The number of rotatable bonds is 3. The van der Waals surface area contributed by atoms with Crippen LogP contribution in [-0.2, 0) is 7.05 Å². The SMILES string of the molecule is Cn1ncnc1C(CN)c1ccc(Cl)cc1. The van der Waals surface area contributed by atoms with Crippen LogP contribution in [0.1, 0.15) is 17.3 Å². The van der Waals surface area contributed by atoms with Gasteiger partial charge in [-0.1, -0.05) is 23.7 Å². The Labute approximate surface area is 99.1 Å². The summed E-state index contributed by atoms with van der Waals surface area (Å²) in [6, 6.07) is 7.65. The lowest BCUT2D eigenvalue weighted by atomic mass is 9.98. The van der Waals surface area contributed by atoms with Crippen molar-refractivity contribution in [1.29, 1.82) is 0 Å². The number of halogens is 1. The highest BCUT2D eigenvalue weighted by Gasteiger charge is 2.16. The van der Waals surface area contributed by atoms with Gasteiger partial charge in [-0.2, -0.15) is 5.10 Å². The topological polar surface area (TPSA) is 56.7 Å². The van der Waals surface area contributed by atoms with E-state index in [4.69, 9.17) is 17.3 Å². The predicted octanol–water partition coefficient (Wildman–Crippen LogP) is 1.56. The minimum Gasteiger partial charge on any atom is -0.329 e. The first-order valence-electron chi connectivity index (χ1n) is 5.02. The highest BCUT2D eigenvalue weighted by Crippen LogP contribution is 2.22. The van der Waals surface area contributed by atoms with Crippen LogP contribution in [0, 0.1) is 0 Å². The van der Waals surface area contributed by atoms with Gasteiger partial charge in [-0.05, 0) is 17.7 Å². The van der Waals surface area contributed by atoms with Crippen molar-refractivity contribution in [3.8, 4) is 0 Å². The van der Waals surface area contributed by atoms with E-state index in [1.54, 1.807) is 4.68 Å². The second kappa shape index (κ2) is 4.63. The molecule has 0 aliphatic carbocycles. The first-order valence-corrected chi connectivity index (χ1v) is 5.39. The van der Waals surface area contributed by atoms with Crippen molar-refractivity contribution in [3.05, 3.63) is 47.0 Å². The van der Waals surface area contributed by atoms with E-state index in [0.29, 0.717) is 6.54 Å². The summed E-state index contributed by atoms with van der Waals surface area (Å²) in [4.78, 5) is 4.22. The summed E-state index contributed by atoms with van der Waals surface area (Å²) in [5.41, 5.74) is 6.89. The van der Waals surface area contributed by atoms with E-state index >= 15 is 0 Å². The van der Waals surface area contributed by atoms with E-state index in [1.807, 2.05) is 31.3 Å². The fourth-order valence-corrected chi connectivity index (χ4v) is 1.83. The maximum atomic E-state index is 5.85. The molecule has 2 N–H and O–H groups in total. The number of nitrogens with zero attached hydrogens (tertiary/aromatic N) is 3. The van der Waals surface area contributed by atoms with Crippen molar-refractivity contribution in [2.45, 2.75) is 5.92 Å².